The molecule has 21 heavy (non-hydrogen) atoms. The predicted octanol–water partition coefficient (Wildman–Crippen LogP) is 0.505. The first-order valence-electron chi connectivity index (χ1n) is 8.44. The van der Waals surface area contributed by atoms with E-state index in [1.165, 1.54) is 26.2 Å². The number of likely N-dealkylation sites (tertiary alicyclic amines) is 2. The number of amides is 1. The van der Waals surface area contributed by atoms with Gasteiger partial charge in [0.15, 0.2) is 0 Å². The normalized spacial score (nSPS) is 21.3. The summed E-state index contributed by atoms with van der Waals surface area (Å²) in [7, 11) is 0. The molecule has 5 heteroatoms. The molecule has 5 nitrogen and oxygen atoms in total. The Balaban J connectivity index is 1.46. The number of hydrogen-bond donors (Lipinski definition) is 2. The van der Waals surface area contributed by atoms with Crippen molar-refractivity contribution in [2.45, 2.75) is 33.1 Å². The highest BCUT2D eigenvalue weighted by Gasteiger charge is 2.50. The van der Waals surface area contributed by atoms with E-state index in [-0.39, 0.29) is 5.91 Å². The third-order valence-corrected chi connectivity index (χ3v) is 4.60. The molecule has 0 aromatic heterocycles. The highest BCUT2D eigenvalue weighted by atomic mass is 16.1. The average molecular weight is 296 g/mol. The largest absolute Gasteiger partial charge is 0.356 e. The molecule has 2 aliphatic heterocycles. The van der Waals surface area contributed by atoms with Gasteiger partial charge < -0.3 is 20.9 Å². The zero-order chi connectivity index (χ0) is 15.3. The monoisotopic (exact) mass is 296 g/mol. The first-order chi connectivity index (χ1) is 10.0. The molecule has 0 radical (unpaired) electrons. The minimum atomic E-state index is 0.212. The Bertz CT molecular complexity index is 331. The van der Waals surface area contributed by atoms with Crippen molar-refractivity contribution < 1.29 is 4.79 Å². The molecule has 0 bridgehead atoms. The Kier molecular flexibility index (Phi) is 6.02. The van der Waals surface area contributed by atoms with Crippen LogP contribution in [0.25, 0.3) is 0 Å². The van der Waals surface area contributed by atoms with Crippen LogP contribution in [-0.2, 0) is 4.79 Å². The second-order valence-corrected chi connectivity index (χ2v) is 7.35. The quantitative estimate of drug-likeness (QED) is 0.651. The molecule has 1 spiro atoms. The smallest absolute Gasteiger partial charge is 0.220 e. The van der Waals surface area contributed by atoms with Crippen LogP contribution in [0.5, 0.6) is 0 Å². The van der Waals surface area contributed by atoms with E-state index in [9.17, 15) is 4.79 Å². The lowest BCUT2D eigenvalue weighted by molar-refractivity contribution is -0.123. The molecular formula is C16H32N4O. The molecule has 2 saturated heterocycles. The highest BCUT2D eigenvalue weighted by molar-refractivity contribution is 5.75. The maximum atomic E-state index is 11.7. The Hall–Kier alpha value is -0.650. The van der Waals surface area contributed by atoms with Crippen molar-refractivity contribution in [3.05, 3.63) is 0 Å². The lowest BCUT2D eigenvalue weighted by Gasteiger charge is -2.60. The van der Waals surface area contributed by atoms with Gasteiger partial charge in [-0.2, -0.15) is 0 Å². The Labute approximate surface area is 129 Å². The van der Waals surface area contributed by atoms with Gasteiger partial charge in [-0.05, 0) is 25.3 Å². The van der Waals surface area contributed by atoms with E-state index >= 15 is 0 Å². The fourth-order valence-corrected chi connectivity index (χ4v) is 3.56. The fraction of sp³-hybridized carbons (Fsp3) is 0.938. The number of hydrogen-bond acceptors (Lipinski definition) is 4. The number of nitrogens with two attached hydrogens (primary N) is 1. The van der Waals surface area contributed by atoms with Crippen molar-refractivity contribution in [2.24, 2.45) is 17.1 Å². The van der Waals surface area contributed by atoms with Crippen molar-refractivity contribution in [1.82, 2.24) is 15.1 Å². The lowest BCUT2D eigenvalue weighted by Crippen LogP contribution is -2.72. The van der Waals surface area contributed by atoms with Crippen molar-refractivity contribution in [3.8, 4) is 0 Å². The summed E-state index contributed by atoms with van der Waals surface area (Å²) in [5, 5.41) is 3.01. The van der Waals surface area contributed by atoms with Crippen LogP contribution in [0.3, 0.4) is 0 Å². The molecule has 122 valence electrons. The van der Waals surface area contributed by atoms with E-state index in [0.717, 1.165) is 39.0 Å². The molecule has 2 heterocycles. The van der Waals surface area contributed by atoms with E-state index in [0.29, 0.717) is 17.8 Å². The predicted molar refractivity (Wildman–Crippen MR) is 86.1 cm³/mol. The molecular weight excluding hydrogens is 264 g/mol. The lowest BCUT2D eigenvalue weighted by atomic mass is 9.73. The van der Waals surface area contributed by atoms with Gasteiger partial charge in [-0.3, -0.25) is 4.79 Å². The van der Waals surface area contributed by atoms with Gasteiger partial charge >= 0.3 is 0 Å². The van der Waals surface area contributed by atoms with Gasteiger partial charge in [0.05, 0.1) is 0 Å². The van der Waals surface area contributed by atoms with E-state index in [1.807, 2.05) is 0 Å². The van der Waals surface area contributed by atoms with Gasteiger partial charge in [0.25, 0.3) is 0 Å². The van der Waals surface area contributed by atoms with Crippen LogP contribution >= 0.6 is 0 Å². The van der Waals surface area contributed by atoms with E-state index < -0.39 is 0 Å². The summed E-state index contributed by atoms with van der Waals surface area (Å²) in [6, 6.07) is 0. The molecule has 3 N–H and O–H groups in total. The Morgan fingerprint density at radius 1 is 1.19 bits per heavy atom. The van der Waals surface area contributed by atoms with Gasteiger partial charge in [-0.15, -0.1) is 0 Å². The van der Waals surface area contributed by atoms with Gasteiger partial charge in [0.1, 0.15) is 0 Å². The number of nitrogens with one attached hydrogen (secondary N) is 1. The molecule has 2 rings (SSSR count). The minimum absolute atomic E-state index is 0.212. The minimum Gasteiger partial charge on any atom is -0.356 e. The van der Waals surface area contributed by atoms with E-state index in [4.69, 9.17) is 5.73 Å². The van der Waals surface area contributed by atoms with Crippen molar-refractivity contribution in [3.63, 3.8) is 0 Å². The maximum Gasteiger partial charge on any atom is 0.220 e. The van der Waals surface area contributed by atoms with Gasteiger partial charge in [-0.1, -0.05) is 13.8 Å². The molecule has 2 fully saturated rings. The van der Waals surface area contributed by atoms with Gasteiger partial charge in [-0.25, -0.2) is 0 Å². The maximum absolute atomic E-state index is 11.7. The van der Waals surface area contributed by atoms with Crippen LogP contribution in [0.1, 0.15) is 33.1 Å². The number of rotatable bonds is 9. The van der Waals surface area contributed by atoms with E-state index in [1.54, 1.807) is 0 Å². The number of nitrogens with zero attached hydrogens (tertiary/aromatic N) is 2. The molecule has 0 aliphatic carbocycles. The van der Waals surface area contributed by atoms with Crippen LogP contribution in [0.15, 0.2) is 0 Å². The summed E-state index contributed by atoms with van der Waals surface area (Å²) in [5.74, 6) is 0.868. The first kappa shape index (κ1) is 16.7. The van der Waals surface area contributed by atoms with Crippen molar-refractivity contribution in [1.29, 1.82) is 0 Å². The van der Waals surface area contributed by atoms with Crippen molar-refractivity contribution >= 4 is 5.91 Å². The van der Waals surface area contributed by atoms with Crippen LogP contribution in [0.2, 0.25) is 0 Å². The zero-order valence-corrected chi connectivity index (χ0v) is 13.7. The fourth-order valence-electron chi connectivity index (χ4n) is 3.56. The summed E-state index contributed by atoms with van der Waals surface area (Å²) < 4.78 is 0. The Morgan fingerprint density at radius 3 is 2.38 bits per heavy atom. The van der Waals surface area contributed by atoms with Crippen LogP contribution in [-0.4, -0.2) is 68.1 Å². The topological polar surface area (TPSA) is 61.6 Å². The van der Waals surface area contributed by atoms with E-state index in [2.05, 4.69) is 29.0 Å². The summed E-state index contributed by atoms with van der Waals surface area (Å²) >= 11 is 0. The summed E-state index contributed by atoms with van der Waals surface area (Å²) in [6.45, 7) is 12.9. The molecule has 0 aromatic rings. The molecule has 2 aliphatic rings. The third kappa shape index (κ3) is 4.94. The molecule has 0 saturated carbocycles. The van der Waals surface area contributed by atoms with Crippen LogP contribution < -0.4 is 11.1 Å². The molecule has 0 aromatic carbocycles. The average Bonchev–Trinajstić information content (AvgIpc) is 2.32. The molecule has 0 unspecified atom stereocenters. The van der Waals surface area contributed by atoms with Gasteiger partial charge in [0, 0.05) is 57.6 Å². The third-order valence-electron chi connectivity index (χ3n) is 4.60. The zero-order valence-electron chi connectivity index (χ0n) is 13.7. The molecule has 1 amide bonds. The SMILES string of the molecule is CC(C)CCNC(=O)CCCN1CC2(CN(CCN)C2)C1. The van der Waals surface area contributed by atoms with Crippen LogP contribution in [0, 0.1) is 11.3 Å². The number of carbonyl (C=O) groups excluding carboxylic acids is 1. The highest BCUT2D eigenvalue weighted by Crippen LogP contribution is 2.39. The first-order valence-corrected chi connectivity index (χ1v) is 8.44. The van der Waals surface area contributed by atoms with Gasteiger partial charge in [0.2, 0.25) is 5.91 Å². The second-order valence-electron chi connectivity index (χ2n) is 7.35. The molecule has 0 atom stereocenters. The summed E-state index contributed by atoms with van der Waals surface area (Å²) in [5.41, 5.74) is 6.13. The second kappa shape index (κ2) is 7.56. The Morgan fingerprint density at radius 2 is 1.81 bits per heavy atom. The summed E-state index contributed by atoms with van der Waals surface area (Å²) in [4.78, 5) is 16.6. The number of carbonyl (C=O) groups is 1. The summed E-state index contributed by atoms with van der Waals surface area (Å²) in [6.07, 6.45) is 2.72. The standard InChI is InChI=1S/C16H32N4O/c1-14(2)5-7-18-15(21)4-3-8-19-10-16(11-19)12-20(13-16)9-6-17/h14H,3-13,17H2,1-2H3,(H,18,21). The van der Waals surface area contributed by atoms with Crippen LogP contribution in [0.4, 0.5) is 0 Å². The van der Waals surface area contributed by atoms with Crippen molar-refractivity contribution in [2.75, 3.05) is 52.4 Å².